The molecule has 1 fully saturated rings. The second-order valence-corrected chi connectivity index (χ2v) is 3.96. The summed E-state index contributed by atoms with van der Waals surface area (Å²) in [5.41, 5.74) is 0. The van der Waals surface area contributed by atoms with Gasteiger partial charge in [0.1, 0.15) is 0 Å². The smallest absolute Gasteiger partial charge is 0.221 e. The van der Waals surface area contributed by atoms with Crippen LogP contribution in [0, 0.1) is 0 Å². The fourth-order valence-corrected chi connectivity index (χ4v) is 1.29. The Morgan fingerprint density at radius 3 is 2.86 bits per heavy atom. The SMILES string of the molecule is CC(CCO)NC(=O)CCNC1CC1. The molecule has 1 atom stereocenters. The molecule has 4 nitrogen and oxygen atoms in total. The van der Waals surface area contributed by atoms with Crippen LogP contribution in [0.5, 0.6) is 0 Å². The lowest BCUT2D eigenvalue weighted by Crippen LogP contribution is -2.35. The monoisotopic (exact) mass is 200 g/mol. The maximum absolute atomic E-state index is 11.3. The Bertz CT molecular complexity index is 181. The van der Waals surface area contributed by atoms with Crippen LogP contribution in [0.1, 0.15) is 32.6 Å². The molecule has 0 saturated heterocycles. The second-order valence-electron chi connectivity index (χ2n) is 3.96. The highest BCUT2D eigenvalue weighted by molar-refractivity contribution is 5.76. The first-order valence-electron chi connectivity index (χ1n) is 5.36. The van der Waals surface area contributed by atoms with Crippen LogP contribution >= 0.6 is 0 Å². The third-order valence-corrected chi connectivity index (χ3v) is 2.33. The lowest BCUT2D eigenvalue weighted by atomic mass is 10.2. The molecular weight excluding hydrogens is 180 g/mol. The Hall–Kier alpha value is -0.610. The van der Waals surface area contributed by atoms with Crippen molar-refractivity contribution in [2.75, 3.05) is 13.2 Å². The van der Waals surface area contributed by atoms with Crippen LogP contribution in [0.15, 0.2) is 0 Å². The Labute approximate surface area is 85.1 Å². The van der Waals surface area contributed by atoms with E-state index < -0.39 is 0 Å². The number of hydrogen-bond acceptors (Lipinski definition) is 3. The van der Waals surface area contributed by atoms with Crippen molar-refractivity contribution in [3.63, 3.8) is 0 Å². The molecule has 1 saturated carbocycles. The Kier molecular flexibility index (Phi) is 4.90. The molecule has 0 heterocycles. The normalized spacial score (nSPS) is 17.9. The standard InChI is InChI=1S/C10H20N2O2/c1-8(5-7-13)12-10(14)4-6-11-9-2-3-9/h8-9,11,13H,2-7H2,1H3,(H,12,14). The maximum Gasteiger partial charge on any atom is 0.221 e. The third kappa shape index (κ3) is 5.19. The zero-order valence-corrected chi connectivity index (χ0v) is 8.75. The van der Waals surface area contributed by atoms with Crippen LogP contribution in [0.2, 0.25) is 0 Å². The Balaban J connectivity index is 1.96. The van der Waals surface area contributed by atoms with Crippen molar-refractivity contribution < 1.29 is 9.90 Å². The first-order chi connectivity index (χ1) is 6.72. The number of hydrogen-bond donors (Lipinski definition) is 3. The van der Waals surface area contributed by atoms with E-state index in [2.05, 4.69) is 10.6 Å². The van der Waals surface area contributed by atoms with Crippen LogP contribution in [0.3, 0.4) is 0 Å². The molecule has 1 unspecified atom stereocenters. The van der Waals surface area contributed by atoms with Crippen LogP contribution in [0.4, 0.5) is 0 Å². The average Bonchev–Trinajstić information content (AvgIpc) is 2.88. The lowest BCUT2D eigenvalue weighted by molar-refractivity contribution is -0.121. The Morgan fingerprint density at radius 2 is 2.29 bits per heavy atom. The quantitative estimate of drug-likeness (QED) is 0.543. The molecule has 1 amide bonds. The molecule has 0 spiro atoms. The number of nitrogens with one attached hydrogen (secondary N) is 2. The highest BCUT2D eigenvalue weighted by Crippen LogP contribution is 2.18. The number of aliphatic hydroxyl groups is 1. The number of rotatable bonds is 7. The zero-order chi connectivity index (χ0) is 10.4. The van der Waals surface area contributed by atoms with Gasteiger partial charge in [-0.05, 0) is 26.2 Å². The van der Waals surface area contributed by atoms with E-state index in [9.17, 15) is 4.79 Å². The minimum Gasteiger partial charge on any atom is -0.396 e. The molecular formula is C10H20N2O2. The van der Waals surface area contributed by atoms with Crippen molar-refractivity contribution in [3.05, 3.63) is 0 Å². The fraction of sp³-hybridized carbons (Fsp3) is 0.900. The van der Waals surface area contributed by atoms with E-state index in [1.165, 1.54) is 12.8 Å². The predicted molar refractivity (Wildman–Crippen MR) is 54.9 cm³/mol. The van der Waals surface area contributed by atoms with E-state index in [0.717, 1.165) is 6.54 Å². The lowest BCUT2D eigenvalue weighted by Gasteiger charge is -2.12. The van der Waals surface area contributed by atoms with E-state index in [0.29, 0.717) is 18.9 Å². The average molecular weight is 200 g/mol. The van der Waals surface area contributed by atoms with Crippen LogP contribution in [-0.2, 0) is 4.79 Å². The molecule has 0 aromatic rings. The number of carbonyl (C=O) groups is 1. The molecule has 4 heteroatoms. The molecule has 0 bridgehead atoms. The number of amides is 1. The van der Waals surface area contributed by atoms with Gasteiger partial charge >= 0.3 is 0 Å². The largest absolute Gasteiger partial charge is 0.396 e. The highest BCUT2D eigenvalue weighted by Gasteiger charge is 2.20. The fourth-order valence-electron chi connectivity index (χ4n) is 1.29. The van der Waals surface area contributed by atoms with Gasteiger partial charge in [0.2, 0.25) is 5.91 Å². The summed E-state index contributed by atoms with van der Waals surface area (Å²) in [6.07, 6.45) is 3.67. The maximum atomic E-state index is 11.3. The van der Waals surface area contributed by atoms with E-state index in [-0.39, 0.29) is 18.6 Å². The van der Waals surface area contributed by atoms with Crippen molar-refractivity contribution in [1.82, 2.24) is 10.6 Å². The summed E-state index contributed by atoms with van der Waals surface area (Å²) >= 11 is 0. The van der Waals surface area contributed by atoms with Crippen molar-refractivity contribution in [1.29, 1.82) is 0 Å². The Morgan fingerprint density at radius 1 is 1.57 bits per heavy atom. The molecule has 1 rings (SSSR count). The van der Waals surface area contributed by atoms with Gasteiger partial charge in [0.05, 0.1) is 0 Å². The molecule has 14 heavy (non-hydrogen) atoms. The molecule has 0 aliphatic heterocycles. The summed E-state index contributed by atoms with van der Waals surface area (Å²) in [5.74, 6) is 0.0686. The van der Waals surface area contributed by atoms with Gasteiger partial charge in [0, 0.05) is 31.7 Å². The molecule has 0 aromatic heterocycles. The van der Waals surface area contributed by atoms with Gasteiger partial charge in [-0.1, -0.05) is 0 Å². The van der Waals surface area contributed by atoms with E-state index in [1.807, 2.05) is 6.92 Å². The molecule has 1 aliphatic carbocycles. The van der Waals surface area contributed by atoms with Gasteiger partial charge in [-0.3, -0.25) is 4.79 Å². The summed E-state index contributed by atoms with van der Waals surface area (Å²) in [7, 11) is 0. The van der Waals surface area contributed by atoms with E-state index in [4.69, 9.17) is 5.11 Å². The van der Waals surface area contributed by atoms with Crippen LogP contribution < -0.4 is 10.6 Å². The minimum absolute atomic E-state index is 0.0686. The first kappa shape index (κ1) is 11.5. The third-order valence-electron chi connectivity index (χ3n) is 2.33. The van der Waals surface area contributed by atoms with Crippen molar-refractivity contribution in [2.45, 2.75) is 44.7 Å². The summed E-state index contributed by atoms with van der Waals surface area (Å²) in [6.45, 7) is 2.80. The summed E-state index contributed by atoms with van der Waals surface area (Å²) in [6, 6.07) is 0.742. The van der Waals surface area contributed by atoms with Crippen molar-refractivity contribution >= 4 is 5.91 Å². The van der Waals surface area contributed by atoms with Crippen molar-refractivity contribution in [3.8, 4) is 0 Å². The predicted octanol–water partition coefficient (Wildman–Crippen LogP) is 0.0156. The van der Waals surface area contributed by atoms with E-state index in [1.54, 1.807) is 0 Å². The molecule has 82 valence electrons. The molecule has 1 aliphatic rings. The number of carbonyl (C=O) groups excluding carboxylic acids is 1. The summed E-state index contributed by atoms with van der Waals surface area (Å²) in [5, 5.41) is 14.8. The van der Waals surface area contributed by atoms with Gasteiger partial charge in [-0.15, -0.1) is 0 Å². The highest BCUT2D eigenvalue weighted by atomic mass is 16.3. The van der Waals surface area contributed by atoms with Crippen molar-refractivity contribution in [2.24, 2.45) is 0 Å². The van der Waals surface area contributed by atoms with E-state index >= 15 is 0 Å². The van der Waals surface area contributed by atoms with Gasteiger partial charge in [-0.25, -0.2) is 0 Å². The molecule has 3 N–H and O–H groups in total. The second kappa shape index (κ2) is 5.98. The topological polar surface area (TPSA) is 61.4 Å². The summed E-state index contributed by atoms with van der Waals surface area (Å²) < 4.78 is 0. The summed E-state index contributed by atoms with van der Waals surface area (Å²) in [4.78, 5) is 11.3. The molecule has 0 radical (unpaired) electrons. The van der Waals surface area contributed by atoms with Crippen LogP contribution in [0.25, 0.3) is 0 Å². The van der Waals surface area contributed by atoms with Gasteiger partial charge in [-0.2, -0.15) is 0 Å². The number of aliphatic hydroxyl groups excluding tert-OH is 1. The molecule has 0 aromatic carbocycles. The first-order valence-corrected chi connectivity index (χ1v) is 5.36. The van der Waals surface area contributed by atoms with Gasteiger partial charge in [0.15, 0.2) is 0 Å². The minimum atomic E-state index is 0.0686. The van der Waals surface area contributed by atoms with Gasteiger partial charge in [0.25, 0.3) is 0 Å². The van der Waals surface area contributed by atoms with Gasteiger partial charge < -0.3 is 15.7 Å². The van der Waals surface area contributed by atoms with Crippen LogP contribution in [-0.4, -0.2) is 36.2 Å². The zero-order valence-electron chi connectivity index (χ0n) is 8.75.